The van der Waals surface area contributed by atoms with E-state index in [4.69, 9.17) is 17.4 Å². The number of rotatable bonds is 2. The minimum absolute atomic E-state index is 0.0605. The Hall–Kier alpha value is -1.51. The third kappa shape index (κ3) is 2.18. The second kappa shape index (κ2) is 3.81. The first-order chi connectivity index (χ1) is 7.47. The summed E-state index contributed by atoms with van der Waals surface area (Å²) in [6.45, 7) is 0. The maximum absolute atomic E-state index is 11.0. The lowest BCUT2D eigenvalue weighted by Crippen LogP contribution is -2.11. The molecular formula is C8H8N4O2S2. The molecule has 0 saturated heterocycles. The van der Waals surface area contributed by atoms with Crippen LogP contribution in [0, 0.1) is 4.77 Å². The van der Waals surface area contributed by atoms with Crippen molar-refractivity contribution in [3.8, 4) is 11.4 Å². The highest BCUT2D eigenvalue weighted by molar-refractivity contribution is 7.89. The number of benzene rings is 1. The summed E-state index contributed by atoms with van der Waals surface area (Å²) in [5.41, 5.74) is 0.722. The van der Waals surface area contributed by atoms with Crippen molar-refractivity contribution in [2.75, 3.05) is 0 Å². The topological polar surface area (TPSA) is 105 Å². The van der Waals surface area contributed by atoms with E-state index in [0.29, 0.717) is 10.6 Å². The van der Waals surface area contributed by atoms with E-state index in [1.807, 2.05) is 0 Å². The van der Waals surface area contributed by atoms with Gasteiger partial charge in [0, 0.05) is 5.56 Å². The second-order valence-electron chi connectivity index (χ2n) is 3.08. The number of nitrogens with zero attached hydrogens (tertiary/aromatic N) is 1. The van der Waals surface area contributed by atoms with Crippen molar-refractivity contribution in [3.05, 3.63) is 29.0 Å². The Bertz CT molecular complexity index is 654. The van der Waals surface area contributed by atoms with Crippen molar-refractivity contribution in [2.45, 2.75) is 4.90 Å². The monoisotopic (exact) mass is 256 g/mol. The van der Waals surface area contributed by atoms with Crippen molar-refractivity contribution in [1.82, 2.24) is 15.2 Å². The van der Waals surface area contributed by atoms with Crippen LogP contribution in [0.5, 0.6) is 0 Å². The van der Waals surface area contributed by atoms with Gasteiger partial charge < -0.3 is 0 Å². The molecule has 2 aromatic rings. The van der Waals surface area contributed by atoms with Crippen LogP contribution in [0.25, 0.3) is 11.4 Å². The van der Waals surface area contributed by atoms with E-state index in [-0.39, 0.29) is 4.90 Å². The van der Waals surface area contributed by atoms with Gasteiger partial charge in [-0.25, -0.2) is 13.6 Å². The molecule has 2 rings (SSSR count). The van der Waals surface area contributed by atoms with Crippen LogP contribution in [-0.4, -0.2) is 23.6 Å². The first kappa shape index (κ1) is 11.0. The van der Waals surface area contributed by atoms with Crippen LogP contribution in [0.15, 0.2) is 29.2 Å². The third-order valence-corrected chi connectivity index (χ3v) is 3.08. The Kier molecular flexibility index (Phi) is 2.62. The van der Waals surface area contributed by atoms with Gasteiger partial charge in [0.15, 0.2) is 5.82 Å². The van der Waals surface area contributed by atoms with Gasteiger partial charge in [0.05, 0.1) is 4.90 Å². The van der Waals surface area contributed by atoms with Gasteiger partial charge in [-0.1, -0.05) is 0 Å². The van der Waals surface area contributed by atoms with Gasteiger partial charge in [0.25, 0.3) is 0 Å². The van der Waals surface area contributed by atoms with Gasteiger partial charge in [-0.15, -0.1) is 0 Å². The van der Waals surface area contributed by atoms with Crippen LogP contribution in [0.3, 0.4) is 0 Å². The average Bonchev–Trinajstić information content (AvgIpc) is 2.64. The fourth-order valence-corrected chi connectivity index (χ4v) is 1.87. The average molecular weight is 256 g/mol. The molecule has 16 heavy (non-hydrogen) atoms. The largest absolute Gasteiger partial charge is 0.282 e. The van der Waals surface area contributed by atoms with Crippen molar-refractivity contribution in [2.24, 2.45) is 5.14 Å². The minimum atomic E-state index is -3.66. The summed E-state index contributed by atoms with van der Waals surface area (Å²) in [6, 6.07) is 6.02. The molecule has 0 fully saturated rings. The number of H-pyrrole nitrogens is 2. The van der Waals surface area contributed by atoms with Crippen molar-refractivity contribution >= 4 is 22.2 Å². The van der Waals surface area contributed by atoms with Crippen LogP contribution in [-0.2, 0) is 10.0 Å². The molecular weight excluding hydrogens is 248 g/mol. The van der Waals surface area contributed by atoms with Gasteiger partial charge in [-0.3, -0.25) is 10.2 Å². The number of nitrogens with two attached hydrogens (primary N) is 1. The van der Waals surface area contributed by atoms with E-state index in [0.717, 1.165) is 5.56 Å². The molecule has 0 radical (unpaired) electrons. The van der Waals surface area contributed by atoms with Gasteiger partial charge in [0.1, 0.15) is 0 Å². The Labute approximate surface area is 96.6 Å². The van der Waals surface area contributed by atoms with E-state index in [2.05, 4.69) is 15.2 Å². The molecule has 1 heterocycles. The van der Waals surface area contributed by atoms with Crippen molar-refractivity contribution < 1.29 is 8.42 Å². The number of aromatic amines is 2. The number of aromatic nitrogens is 3. The SMILES string of the molecule is NS(=O)(=O)c1ccc(-c2nc(=S)[nH][nH]2)cc1. The van der Waals surface area contributed by atoms with Gasteiger partial charge in [0.2, 0.25) is 14.8 Å². The quantitative estimate of drug-likeness (QED) is 0.690. The molecule has 1 aromatic carbocycles. The number of hydrogen-bond donors (Lipinski definition) is 3. The molecule has 0 amide bonds. The van der Waals surface area contributed by atoms with E-state index in [1.165, 1.54) is 12.1 Å². The molecule has 0 spiro atoms. The standard InChI is InChI=1S/C8H8N4O2S2/c9-16(13,14)6-3-1-5(2-4-6)7-10-8(15)12-11-7/h1-4H,(H2,9,13,14)(H2,10,11,12,15). The number of nitrogens with one attached hydrogen (secondary N) is 2. The van der Waals surface area contributed by atoms with E-state index < -0.39 is 10.0 Å². The maximum atomic E-state index is 11.0. The Morgan fingerprint density at radius 1 is 1.19 bits per heavy atom. The first-order valence-corrected chi connectivity index (χ1v) is 6.20. The number of hydrogen-bond acceptors (Lipinski definition) is 4. The number of sulfonamides is 1. The highest BCUT2D eigenvalue weighted by atomic mass is 32.2. The molecule has 0 unspecified atom stereocenters. The Balaban J connectivity index is 2.44. The molecule has 0 bridgehead atoms. The van der Waals surface area contributed by atoms with E-state index in [9.17, 15) is 8.42 Å². The van der Waals surface area contributed by atoms with Gasteiger partial charge >= 0.3 is 0 Å². The zero-order chi connectivity index (χ0) is 11.8. The summed E-state index contributed by atoms with van der Waals surface area (Å²) >= 11 is 4.80. The molecule has 0 aliphatic heterocycles. The lowest BCUT2D eigenvalue weighted by atomic mass is 10.2. The van der Waals surface area contributed by atoms with Crippen LogP contribution in [0.1, 0.15) is 0 Å². The summed E-state index contributed by atoms with van der Waals surface area (Å²) in [4.78, 5) is 4.06. The predicted molar refractivity (Wildman–Crippen MR) is 60.6 cm³/mol. The molecule has 6 nitrogen and oxygen atoms in total. The van der Waals surface area contributed by atoms with Crippen LogP contribution >= 0.6 is 12.2 Å². The van der Waals surface area contributed by atoms with Crippen LogP contribution in [0.4, 0.5) is 0 Å². The van der Waals surface area contributed by atoms with Crippen molar-refractivity contribution in [3.63, 3.8) is 0 Å². The summed E-state index contributed by atoms with van der Waals surface area (Å²) in [6.07, 6.45) is 0. The highest BCUT2D eigenvalue weighted by Gasteiger charge is 2.08. The normalized spacial score (nSPS) is 11.6. The van der Waals surface area contributed by atoms with Crippen LogP contribution in [0.2, 0.25) is 0 Å². The molecule has 0 atom stereocenters. The third-order valence-electron chi connectivity index (χ3n) is 1.96. The molecule has 0 aliphatic rings. The number of primary sulfonamides is 1. The molecule has 1 aromatic heterocycles. The van der Waals surface area contributed by atoms with E-state index >= 15 is 0 Å². The van der Waals surface area contributed by atoms with E-state index in [1.54, 1.807) is 12.1 Å². The second-order valence-corrected chi connectivity index (χ2v) is 5.03. The molecule has 84 valence electrons. The molecule has 0 saturated carbocycles. The summed E-state index contributed by atoms with van der Waals surface area (Å²) < 4.78 is 22.4. The van der Waals surface area contributed by atoms with Crippen LogP contribution < -0.4 is 5.14 Å². The molecule has 8 heteroatoms. The van der Waals surface area contributed by atoms with Gasteiger partial charge in [-0.2, -0.15) is 4.98 Å². The summed E-state index contributed by atoms with van der Waals surface area (Å²) in [5.74, 6) is 0.547. The fraction of sp³-hybridized carbons (Fsp3) is 0. The summed E-state index contributed by atoms with van der Waals surface area (Å²) in [5, 5.41) is 10.4. The zero-order valence-corrected chi connectivity index (χ0v) is 9.60. The minimum Gasteiger partial charge on any atom is -0.282 e. The lowest BCUT2D eigenvalue weighted by Gasteiger charge is -1.99. The maximum Gasteiger partial charge on any atom is 0.238 e. The summed E-state index contributed by atoms with van der Waals surface area (Å²) in [7, 11) is -3.66. The zero-order valence-electron chi connectivity index (χ0n) is 7.97. The van der Waals surface area contributed by atoms with Crippen molar-refractivity contribution in [1.29, 1.82) is 0 Å². The molecule has 4 N–H and O–H groups in total. The van der Waals surface area contributed by atoms with Gasteiger partial charge in [-0.05, 0) is 36.5 Å². The smallest absolute Gasteiger partial charge is 0.238 e. The lowest BCUT2D eigenvalue weighted by molar-refractivity contribution is 0.598. The predicted octanol–water partition coefficient (Wildman–Crippen LogP) is 0.782. The Morgan fingerprint density at radius 3 is 2.25 bits per heavy atom. The Morgan fingerprint density at radius 2 is 1.81 bits per heavy atom. The first-order valence-electron chi connectivity index (χ1n) is 4.25. The highest BCUT2D eigenvalue weighted by Crippen LogP contribution is 2.16. The fourth-order valence-electron chi connectivity index (χ4n) is 1.21. The molecule has 0 aliphatic carbocycles.